The Bertz CT molecular complexity index is 417. The molecule has 1 aromatic rings. The lowest BCUT2D eigenvalue weighted by Crippen LogP contribution is -2.24. The Hall–Kier alpha value is -1.33. The van der Waals surface area contributed by atoms with Crippen LogP contribution in [0, 0.1) is 0 Å². The van der Waals surface area contributed by atoms with Gasteiger partial charge in [-0.3, -0.25) is 5.43 Å². The van der Waals surface area contributed by atoms with E-state index in [9.17, 15) is 0 Å². The Morgan fingerprint density at radius 1 is 1.56 bits per heavy atom. The summed E-state index contributed by atoms with van der Waals surface area (Å²) in [5.74, 6) is 0. The molecule has 0 spiro atoms. The second kappa shape index (κ2) is 5.67. The zero-order chi connectivity index (χ0) is 12.1. The third-order valence-corrected chi connectivity index (χ3v) is 2.30. The normalized spacial score (nSPS) is 10.4. The predicted molar refractivity (Wildman–Crippen MR) is 73.3 cm³/mol. The van der Waals surface area contributed by atoms with Gasteiger partial charge in [-0.2, -0.15) is 5.10 Å². The number of hydrogen-bond donors (Lipinski definition) is 2. The van der Waals surface area contributed by atoms with E-state index in [-0.39, 0.29) is 5.11 Å². The standard InChI is InChI=1S/C10H13ClN4S/c1-15(2)8-4-3-7(9(11)5-8)6-13-14-10(12)16/h3-6H,1-2H3,(H3,12,14,16)/b13-6+. The first kappa shape index (κ1) is 12.7. The van der Waals surface area contributed by atoms with Crippen LogP contribution in [0.15, 0.2) is 23.3 Å². The molecule has 16 heavy (non-hydrogen) atoms. The van der Waals surface area contributed by atoms with Gasteiger partial charge in [0, 0.05) is 25.3 Å². The van der Waals surface area contributed by atoms with E-state index in [2.05, 4.69) is 22.7 Å². The highest BCUT2D eigenvalue weighted by Gasteiger charge is 2.00. The zero-order valence-electron chi connectivity index (χ0n) is 9.07. The fraction of sp³-hybridized carbons (Fsp3) is 0.200. The maximum Gasteiger partial charge on any atom is 0.184 e. The van der Waals surface area contributed by atoms with Crippen molar-refractivity contribution >= 4 is 40.8 Å². The number of halogens is 1. The van der Waals surface area contributed by atoms with E-state index in [1.807, 2.05) is 37.2 Å². The highest BCUT2D eigenvalue weighted by Crippen LogP contribution is 2.21. The van der Waals surface area contributed by atoms with Crippen molar-refractivity contribution in [2.45, 2.75) is 0 Å². The van der Waals surface area contributed by atoms with Crippen molar-refractivity contribution in [3.8, 4) is 0 Å². The van der Waals surface area contributed by atoms with Gasteiger partial charge in [-0.05, 0) is 30.4 Å². The molecule has 4 nitrogen and oxygen atoms in total. The molecule has 0 aromatic heterocycles. The van der Waals surface area contributed by atoms with Crippen LogP contribution in [-0.2, 0) is 0 Å². The number of hydrogen-bond acceptors (Lipinski definition) is 3. The summed E-state index contributed by atoms with van der Waals surface area (Å²) in [6.45, 7) is 0. The summed E-state index contributed by atoms with van der Waals surface area (Å²) in [4.78, 5) is 1.97. The Balaban J connectivity index is 2.83. The second-order valence-corrected chi connectivity index (χ2v) is 4.18. The Morgan fingerprint density at radius 3 is 2.75 bits per heavy atom. The van der Waals surface area contributed by atoms with Crippen molar-refractivity contribution in [1.29, 1.82) is 0 Å². The summed E-state index contributed by atoms with van der Waals surface area (Å²) in [6.07, 6.45) is 1.57. The maximum atomic E-state index is 6.08. The van der Waals surface area contributed by atoms with Gasteiger partial charge >= 0.3 is 0 Å². The minimum Gasteiger partial charge on any atom is -0.378 e. The van der Waals surface area contributed by atoms with Crippen LogP contribution in [0.1, 0.15) is 5.56 Å². The van der Waals surface area contributed by atoms with Crippen LogP contribution in [0.2, 0.25) is 5.02 Å². The van der Waals surface area contributed by atoms with E-state index in [1.165, 1.54) is 0 Å². The van der Waals surface area contributed by atoms with E-state index in [0.29, 0.717) is 5.02 Å². The van der Waals surface area contributed by atoms with Crippen LogP contribution in [0.5, 0.6) is 0 Å². The van der Waals surface area contributed by atoms with Crippen molar-refractivity contribution in [3.05, 3.63) is 28.8 Å². The van der Waals surface area contributed by atoms with Crippen LogP contribution >= 0.6 is 23.8 Å². The van der Waals surface area contributed by atoms with Crippen LogP contribution in [0.25, 0.3) is 0 Å². The molecule has 3 N–H and O–H groups in total. The van der Waals surface area contributed by atoms with Crippen LogP contribution in [0.4, 0.5) is 5.69 Å². The zero-order valence-corrected chi connectivity index (χ0v) is 10.6. The molecule has 0 saturated heterocycles. The summed E-state index contributed by atoms with van der Waals surface area (Å²) < 4.78 is 0. The summed E-state index contributed by atoms with van der Waals surface area (Å²) in [5, 5.41) is 4.58. The van der Waals surface area contributed by atoms with Gasteiger partial charge in [-0.1, -0.05) is 11.6 Å². The van der Waals surface area contributed by atoms with E-state index >= 15 is 0 Å². The van der Waals surface area contributed by atoms with Crippen molar-refractivity contribution in [2.75, 3.05) is 19.0 Å². The van der Waals surface area contributed by atoms with Gasteiger partial charge in [0.1, 0.15) is 0 Å². The molecule has 0 amide bonds. The van der Waals surface area contributed by atoms with Gasteiger partial charge in [-0.25, -0.2) is 0 Å². The number of benzene rings is 1. The molecule has 0 fully saturated rings. The molecule has 0 unspecified atom stereocenters. The lowest BCUT2D eigenvalue weighted by Gasteiger charge is -2.12. The fourth-order valence-electron chi connectivity index (χ4n) is 1.06. The SMILES string of the molecule is CN(C)c1ccc(/C=N/NC(N)=S)c(Cl)c1. The lowest BCUT2D eigenvalue weighted by atomic mass is 10.2. The quantitative estimate of drug-likeness (QED) is 0.490. The highest BCUT2D eigenvalue weighted by molar-refractivity contribution is 7.80. The fourth-order valence-corrected chi connectivity index (χ4v) is 1.34. The third-order valence-electron chi connectivity index (χ3n) is 1.88. The molecule has 0 atom stereocenters. The van der Waals surface area contributed by atoms with Crippen molar-refractivity contribution in [2.24, 2.45) is 10.8 Å². The predicted octanol–water partition coefficient (Wildman–Crippen LogP) is 1.57. The lowest BCUT2D eigenvalue weighted by molar-refractivity contribution is 1.04. The maximum absolute atomic E-state index is 6.08. The first-order valence-electron chi connectivity index (χ1n) is 4.56. The van der Waals surface area contributed by atoms with Gasteiger partial charge in [-0.15, -0.1) is 0 Å². The Morgan fingerprint density at radius 2 is 2.25 bits per heavy atom. The number of hydrazone groups is 1. The number of nitrogens with two attached hydrogens (primary N) is 1. The van der Waals surface area contributed by atoms with E-state index in [0.717, 1.165) is 11.3 Å². The first-order chi connectivity index (χ1) is 7.50. The average molecular weight is 257 g/mol. The Labute approximate surface area is 105 Å². The van der Waals surface area contributed by atoms with Crippen molar-refractivity contribution in [1.82, 2.24) is 5.43 Å². The molecule has 0 heterocycles. The smallest absolute Gasteiger partial charge is 0.184 e. The van der Waals surface area contributed by atoms with Crippen LogP contribution in [0.3, 0.4) is 0 Å². The summed E-state index contributed by atoms with van der Waals surface area (Å²) in [6, 6.07) is 5.69. The molecule has 0 bridgehead atoms. The molecule has 0 radical (unpaired) electrons. The van der Waals surface area contributed by atoms with Gasteiger partial charge in [0.05, 0.1) is 11.2 Å². The summed E-state index contributed by atoms with van der Waals surface area (Å²) >= 11 is 10.7. The molecule has 1 aromatic carbocycles. The molecule has 0 saturated carbocycles. The molecular weight excluding hydrogens is 244 g/mol. The number of thiocarbonyl (C=S) groups is 1. The van der Waals surface area contributed by atoms with Gasteiger partial charge in [0.15, 0.2) is 5.11 Å². The molecule has 0 aliphatic carbocycles. The minimum atomic E-state index is 0.122. The number of nitrogens with one attached hydrogen (secondary N) is 1. The molecular formula is C10H13ClN4S. The van der Waals surface area contributed by atoms with E-state index < -0.39 is 0 Å². The molecule has 1 rings (SSSR count). The molecule has 86 valence electrons. The summed E-state index contributed by atoms with van der Waals surface area (Å²) in [7, 11) is 3.90. The summed E-state index contributed by atoms with van der Waals surface area (Å²) in [5.41, 5.74) is 9.53. The minimum absolute atomic E-state index is 0.122. The molecule has 0 aliphatic heterocycles. The van der Waals surface area contributed by atoms with Crippen LogP contribution in [-0.4, -0.2) is 25.4 Å². The number of rotatable bonds is 3. The largest absolute Gasteiger partial charge is 0.378 e. The topological polar surface area (TPSA) is 53.6 Å². The van der Waals surface area contributed by atoms with Gasteiger partial charge < -0.3 is 10.6 Å². The molecule has 6 heteroatoms. The van der Waals surface area contributed by atoms with Crippen LogP contribution < -0.4 is 16.1 Å². The monoisotopic (exact) mass is 256 g/mol. The highest BCUT2D eigenvalue weighted by atomic mass is 35.5. The number of anilines is 1. The second-order valence-electron chi connectivity index (χ2n) is 3.33. The van der Waals surface area contributed by atoms with Gasteiger partial charge in [0.2, 0.25) is 0 Å². The first-order valence-corrected chi connectivity index (χ1v) is 5.34. The average Bonchev–Trinajstić information content (AvgIpc) is 2.19. The molecule has 0 aliphatic rings. The van der Waals surface area contributed by atoms with Gasteiger partial charge in [0.25, 0.3) is 0 Å². The van der Waals surface area contributed by atoms with Crippen molar-refractivity contribution < 1.29 is 0 Å². The van der Waals surface area contributed by atoms with E-state index in [4.69, 9.17) is 17.3 Å². The number of nitrogens with zero attached hydrogens (tertiary/aromatic N) is 2. The Kier molecular flexibility index (Phi) is 4.52. The van der Waals surface area contributed by atoms with Crippen molar-refractivity contribution in [3.63, 3.8) is 0 Å². The van der Waals surface area contributed by atoms with E-state index in [1.54, 1.807) is 6.21 Å². The third kappa shape index (κ3) is 3.67.